The normalized spacial score (nSPS) is 24.2. The summed E-state index contributed by atoms with van der Waals surface area (Å²) >= 11 is 5.88. The molecular weight excluding hydrogens is 415 g/mol. The van der Waals surface area contributed by atoms with E-state index >= 15 is 0 Å². The SMILES string of the molecule is C[C@H](C(=O)Nc1ccc(Cl)cc1)C1CCC2(CC1)COc1cc(C(F)(F)F)ccc12. The lowest BCUT2D eigenvalue weighted by molar-refractivity contribution is -0.137. The highest BCUT2D eigenvalue weighted by molar-refractivity contribution is 6.30. The van der Waals surface area contributed by atoms with Gasteiger partial charge in [-0.05, 0) is 68.0 Å². The third-order valence-corrected chi connectivity index (χ3v) is 6.86. The van der Waals surface area contributed by atoms with E-state index in [0.29, 0.717) is 23.1 Å². The minimum atomic E-state index is -4.38. The second-order valence-electron chi connectivity index (χ2n) is 8.40. The van der Waals surface area contributed by atoms with Gasteiger partial charge in [-0.2, -0.15) is 13.2 Å². The Kier molecular flexibility index (Phi) is 5.47. The number of carbonyl (C=O) groups is 1. The zero-order chi connectivity index (χ0) is 21.5. The molecule has 1 aliphatic carbocycles. The van der Waals surface area contributed by atoms with Crippen LogP contribution in [0.3, 0.4) is 0 Å². The zero-order valence-electron chi connectivity index (χ0n) is 16.6. The van der Waals surface area contributed by atoms with Gasteiger partial charge in [0.2, 0.25) is 5.91 Å². The van der Waals surface area contributed by atoms with E-state index < -0.39 is 11.7 Å². The van der Waals surface area contributed by atoms with Crippen LogP contribution in [0.25, 0.3) is 0 Å². The predicted octanol–water partition coefficient (Wildman–Crippen LogP) is 6.45. The Morgan fingerprint density at radius 3 is 2.47 bits per heavy atom. The van der Waals surface area contributed by atoms with E-state index in [4.69, 9.17) is 16.3 Å². The van der Waals surface area contributed by atoms with Crippen LogP contribution in [0.4, 0.5) is 18.9 Å². The number of halogens is 4. The van der Waals surface area contributed by atoms with Crippen molar-refractivity contribution in [3.63, 3.8) is 0 Å². The van der Waals surface area contributed by atoms with Crippen molar-refractivity contribution in [1.82, 2.24) is 0 Å². The van der Waals surface area contributed by atoms with Gasteiger partial charge in [0.1, 0.15) is 5.75 Å². The first-order chi connectivity index (χ1) is 14.2. The van der Waals surface area contributed by atoms with E-state index in [1.807, 2.05) is 6.92 Å². The van der Waals surface area contributed by atoms with Crippen LogP contribution in [0.15, 0.2) is 42.5 Å². The molecule has 2 aromatic carbocycles. The van der Waals surface area contributed by atoms with Gasteiger partial charge < -0.3 is 10.1 Å². The third kappa shape index (κ3) is 4.02. The highest BCUT2D eigenvalue weighted by atomic mass is 35.5. The quantitative estimate of drug-likeness (QED) is 0.598. The van der Waals surface area contributed by atoms with Gasteiger partial charge in [-0.3, -0.25) is 4.79 Å². The summed E-state index contributed by atoms with van der Waals surface area (Å²) in [7, 11) is 0. The molecular formula is C23H23ClF3NO2. The monoisotopic (exact) mass is 437 g/mol. The number of nitrogens with one attached hydrogen (secondary N) is 1. The number of alkyl halides is 3. The average molecular weight is 438 g/mol. The van der Waals surface area contributed by atoms with E-state index in [1.165, 1.54) is 0 Å². The van der Waals surface area contributed by atoms with Gasteiger partial charge in [0, 0.05) is 27.6 Å². The summed E-state index contributed by atoms with van der Waals surface area (Å²) in [4.78, 5) is 12.7. The third-order valence-electron chi connectivity index (χ3n) is 6.60. The van der Waals surface area contributed by atoms with Crippen molar-refractivity contribution < 1.29 is 22.7 Å². The molecule has 1 saturated carbocycles. The lowest BCUT2D eigenvalue weighted by atomic mass is 9.65. The van der Waals surface area contributed by atoms with Crippen molar-refractivity contribution in [2.24, 2.45) is 11.8 Å². The summed E-state index contributed by atoms with van der Waals surface area (Å²) in [5, 5.41) is 3.55. The van der Waals surface area contributed by atoms with Gasteiger partial charge >= 0.3 is 6.18 Å². The highest BCUT2D eigenvalue weighted by Crippen LogP contribution is 2.51. The molecule has 0 radical (unpaired) electrons. The first-order valence-electron chi connectivity index (χ1n) is 10.1. The second-order valence-corrected chi connectivity index (χ2v) is 8.84. The van der Waals surface area contributed by atoms with Crippen LogP contribution in [0.1, 0.15) is 43.7 Å². The molecule has 0 unspecified atom stereocenters. The second kappa shape index (κ2) is 7.80. The maximum atomic E-state index is 13.0. The maximum Gasteiger partial charge on any atom is 0.416 e. The number of amides is 1. The van der Waals surface area contributed by atoms with Crippen molar-refractivity contribution in [1.29, 1.82) is 0 Å². The molecule has 2 aliphatic rings. The molecule has 1 heterocycles. The molecule has 1 atom stereocenters. The number of anilines is 1. The molecule has 1 amide bonds. The largest absolute Gasteiger partial charge is 0.492 e. The standard InChI is InChI=1S/C23H23ClF3NO2/c1-14(21(29)28-18-5-3-17(24)4-6-18)15-8-10-22(11-9-15)13-30-20-12-16(23(25,26)27)2-7-19(20)22/h2-7,12,14-15H,8-11,13H2,1H3,(H,28,29)/t14-,15?,22?/m0/s1. The van der Waals surface area contributed by atoms with E-state index in [0.717, 1.165) is 43.4 Å². The highest BCUT2D eigenvalue weighted by Gasteiger charge is 2.45. The Labute approximate surface area is 178 Å². The molecule has 0 aromatic heterocycles. The first kappa shape index (κ1) is 21.0. The van der Waals surface area contributed by atoms with Crippen LogP contribution in [-0.4, -0.2) is 12.5 Å². The molecule has 30 heavy (non-hydrogen) atoms. The molecule has 0 bridgehead atoms. The van der Waals surface area contributed by atoms with E-state index in [-0.39, 0.29) is 23.2 Å². The number of hydrogen-bond acceptors (Lipinski definition) is 2. The molecule has 4 rings (SSSR count). The van der Waals surface area contributed by atoms with Crippen LogP contribution >= 0.6 is 11.6 Å². The summed E-state index contributed by atoms with van der Waals surface area (Å²) in [5.74, 6) is 0.377. The minimum absolute atomic E-state index is 0.0313. The Bertz CT molecular complexity index is 934. The molecule has 2 aromatic rings. The summed E-state index contributed by atoms with van der Waals surface area (Å²) in [5.41, 5.74) is 0.649. The van der Waals surface area contributed by atoms with Crippen LogP contribution in [0.2, 0.25) is 5.02 Å². The van der Waals surface area contributed by atoms with Gasteiger partial charge in [-0.25, -0.2) is 0 Å². The number of fused-ring (bicyclic) bond motifs is 2. The Morgan fingerprint density at radius 1 is 1.17 bits per heavy atom. The fourth-order valence-corrected chi connectivity index (χ4v) is 4.79. The van der Waals surface area contributed by atoms with Gasteiger partial charge in [0.15, 0.2) is 0 Å². The van der Waals surface area contributed by atoms with E-state index in [9.17, 15) is 18.0 Å². The fourth-order valence-electron chi connectivity index (χ4n) is 4.66. The van der Waals surface area contributed by atoms with Crippen molar-refractivity contribution >= 4 is 23.2 Å². The van der Waals surface area contributed by atoms with Crippen molar-refractivity contribution in [2.75, 3.05) is 11.9 Å². The maximum absolute atomic E-state index is 13.0. The Morgan fingerprint density at radius 2 is 1.83 bits per heavy atom. The van der Waals surface area contributed by atoms with E-state index in [2.05, 4.69) is 5.32 Å². The number of ether oxygens (including phenoxy) is 1. The van der Waals surface area contributed by atoms with Crippen LogP contribution in [0, 0.1) is 11.8 Å². The summed E-state index contributed by atoms with van der Waals surface area (Å²) in [6.45, 7) is 2.34. The topological polar surface area (TPSA) is 38.3 Å². The Hall–Kier alpha value is -2.21. The predicted molar refractivity (Wildman–Crippen MR) is 110 cm³/mol. The van der Waals surface area contributed by atoms with Crippen molar-refractivity contribution in [2.45, 2.75) is 44.2 Å². The summed E-state index contributed by atoms with van der Waals surface area (Å²) in [6.07, 6.45) is -1.11. The molecule has 1 aliphatic heterocycles. The number of rotatable bonds is 3. The van der Waals surface area contributed by atoms with Crippen LogP contribution < -0.4 is 10.1 Å². The van der Waals surface area contributed by atoms with E-state index in [1.54, 1.807) is 30.3 Å². The van der Waals surface area contributed by atoms with Gasteiger partial charge in [-0.1, -0.05) is 24.6 Å². The number of carbonyl (C=O) groups excluding carboxylic acids is 1. The minimum Gasteiger partial charge on any atom is -0.492 e. The fraction of sp³-hybridized carbons (Fsp3) is 0.435. The molecule has 7 heteroatoms. The van der Waals surface area contributed by atoms with Gasteiger partial charge in [-0.15, -0.1) is 0 Å². The van der Waals surface area contributed by atoms with Crippen LogP contribution in [-0.2, 0) is 16.4 Å². The smallest absolute Gasteiger partial charge is 0.416 e. The molecule has 1 fully saturated rings. The molecule has 0 saturated heterocycles. The summed E-state index contributed by atoms with van der Waals surface area (Å²) < 4.78 is 44.6. The lowest BCUT2D eigenvalue weighted by Gasteiger charge is -2.38. The molecule has 3 nitrogen and oxygen atoms in total. The zero-order valence-corrected chi connectivity index (χ0v) is 17.3. The molecule has 1 N–H and O–H groups in total. The number of hydrogen-bond donors (Lipinski definition) is 1. The van der Waals surface area contributed by atoms with Gasteiger partial charge in [0.25, 0.3) is 0 Å². The first-order valence-corrected chi connectivity index (χ1v) is 10.5. The lowest BCUT2D eigenvalue weighted by Crippen LogP contribution is -2.37. The number of benzene rings is 2. The van der Waals surface area contributed by atoms with Crippen LogP contribution in [0.5, 0.6) is 5.75 Å². The van der Waals surface area contributed by atoms with Crippen molar-refractivity contribution in [3.05, 3.63) is 58.6 Å². The average Bonchev–Trinajstić information content (AvgIpc) is 3.07. The molecule has 1 spiro atoms. The van der Waals surface area contributed by atoms with Gasteiger partial charge in [0.05, 0.1) is 12.2 Å². The molecule has 160 valence electrons. The van der Waals surface area contributed by atoms with Crippen molar-refractivity contribution in [3.8, 4) is 5.75 Å². The summed E-state index contributed by atoms with van der Waals surface area (Å²) in [6, 6.07) is 10.8. The Balaban J connectivity index is 1.41.